The lowest BCUT2D eigenvalue weighted by molar-refractivity contribution is 0.000943. The molecule has 1 aliphatic rings. The van der Waals surface area contributed by atoms with Gasteiger partial charge < -0.3 is 15.4 Å². The average molecular weight is 261 g/mol. The van der Waals surface area contributed by atoms with Gasteiger partial charge in [0.15, 0.2) is 0 Å². The largest absolute Gasteiger partial charge is 0.377 e. The Labute approximate surface area is 110 Å². The molecule has 1 fully saturated rings. The molecule has 7 heteroatoms. The summed E-state index contributed by atoms with van der Waals surface area (Å²) in [6.07, 6.45) is 6.55. The van der Waals surface area contributed by atoms with Crippen molar-refractivity contribution in [2.24, 2.45) is 5.73 Å². The Morgan fingerprint density at radius 2 is 2.42 bits per heavy atom. The molecule has 2 N–H and O–H groups in total. The van der Waals surface area contributed by atoms with E-state index in [9.17, 15) is 4.79 Å². The van der Waals surface area contributed by atoms with Crippen LogP contribution in [-0.4, -0.2) is 57.8 Å². The van der Waals surface area contributed by atoms with Crippen LogP contribution in [0.2, 0.25) is 0 Å². The normalized spacial score (nSPS) is 19.8. The van der Waals surface area contributed by atoms with Crippen molar-refractivity contribution in [3.8, 4) is 0 Å². The number of carbonyl (C=O) groups is 1. The number of nitrogens with zero attached hydrogens (tertiary/aromatic N) is 4. The van der Waals surface area contributed by atoms with Gasteiger partial charge >= 0.3 is 0 Å². The van der Waals surface area contributed by atoms with Crippen LogP contribution in [0.15, 0.2) is 24.8 Å². The van der Waals surface area contributed by atoms with Crippen molar-refractivity contribution in [1.29, 1.82) is 0 Å². The van der Waals surface area contributed by atoms with Gasteiger partial charge in [-0.3, -0.25) is 9.78 Å². The zero-order valence-corrected chi connectivity index (χ0v) is 10.4. The molecular weight excluding hydrogens is 246 g/mol. The molecule has 0 aromatic carbocycles. The highest BCUT2D eigenvalue weighted by atomic mass is 16.5. The van der Waals surface area contributed by atoms with Crippen LogP contribution in [0, 0.1) is 0 Å². The predicted molar refractivity (Wildman–Crippen MR) is 67.7 cm³/mol. The molecule has 1 amide bonds. The Kier molecular flexibility index (Phi) is 3.14. The van der Waals surface area contributed by atoms with Crippen molar-refractivity contribution in [2.75, 3.05) is 26.3 Å². The van der Waals surface area contributed by atoms with Crippen molar-refractivity contribution in [3.05, 3.63) is 30.4 Å². The van der Waals surface area contributed by atoms with Crippen LogP contribution in [0.1, 0.15) is 10.4 Å². The summed E-state index contributed by atoms with van der Waals surface area (Å²) in [6.45, 7) is 1.97. The average Bonchev–Trinajstić information content (AvgIpc) is 2.90. The van der Waals surface area contributed by atoms with Gasteiger partial charge in [0.25, 0.3) is 5.91 Å². The lowest BCUT2D eigenvalue weighted by Crippen LogP contribution is -2.52. The highest BCUT2D eigenvalue weighted by Crippen LogP contribution is 2.15. The number of ether oxygens (including phenoxy) is 1. The van der Waals surface area contributed by atoms with Gasteiger partial charge in [0.1, 0.15) is 0 Å². The number of rotatable bonds is 2. The number of hydrogen-bond donors (Lipinski definition) is 1. The minimum absolute atomic E-state index is 0.0678. The number of morpholine rings is 1. The molecule has 19 heavy (non-hydrogen) atoms. The van der Waals surface area contributed by atoms with Gasteiger partial charge in [-0.2, -0.15) is 5.10 Å². The molecule has 1 unspecified atom stereocenters. The summed E-state index contributed by atoms with van der Waals surface area (Å²) < 4.78 is 6.99. The standard InChI is InChI=1S/C12H15N5O2/c13-5-9-8-19-4-3-16(9)12(18)10-6-15-17-2-1-14-7-11(10)17/h1-2,6-7,9H,3-5,8,13H2. The van der Waals surface area contributed by atoms with Gasteiger partial charge in [-0.25, -0.2) is 4.52 Å². The highest BCUT2D eigenvalue weighted by Gasteiger charge is 2.28. The number of fused-ring (bicyclic) bond motifs is 1. The quantitative estimate of drug-likeness (QED) is 0.789. The fourth-order valence-electron chi connectivity index (χ4n) is 2.27. The minimum atomic E-state index is -0.0760. The highest BCUT2D eigenvalue weighted by molar-refractivity contribution is 6.00. The van der Waals surface area contributed by atoms with Gasteiger partial charge in [-0.1, -0.05) is 0 Å². The van der Waals surface area contributed by atoms with Crippen molar-refractivity contribution in [1.82, 2.24) is 19.5 Å². The molecule has 7 nitrogen and oxygen atoms in total. The maximum Gasteiger partial charge on any atom is 0.258 e. The van der Waals surface area contributed by atoms with E-state index in [1.165, 1.54) is 0 Å². The lowest BCUT2D eigenvalue weighted by Gasteiger charge is -2.34. The maximum absolute atomic E-state index is 12.6. The molecule has 1 aliphatic heterocycles. The summed E-state index contributed by atoms with van der Waals surface area (Å²) in [6, 6.07) is -0.0760. The molecule has 2 aromatic rings. The Bertz CT molecular complexity index is 597. The van der Waals surface area contributed by atoms with Crippen molar-refractivity contribution in [3.63, 3.8) is 0 Å². The first-order valence-electron chi connectivity index (χ1n) is 6.17. The molecular formula is C12H15N5O2. The topological polar surface area (TPSA) is 85.8 Å². The molecule has 0 spiro atoms. The second-order valence-electron chi connectivity index (χ2n) is 4.43. The van der Waals surface area contributed by atoms with Crippen LogP contribution in [-0.2, 0) is 4.74 Å². The monoisotopic (exact) mass is 261 g/mol. The van der Waals surface area contributed by atoms with E-state index in [1.54, 1.807) is 34.2 Å². The predicted octanol–water partition coefficient (Wildman–Crippen LogP) is -0.471. The van der Waals surface area contributed by atoms with E-state index in [-0.39, 0.29) is 11.9 Å². The summed E-state index contributed by atoms with van der Waals surface area (Å²) in [5, 5.41) is 4.15. The van der Waals surface area contributed by atoms with Crippen LogP contribution in [0.5, 0.6) is 0 Å². The van der Waals surface area contributed by atoms with Crippen molar-refractivity contribution in [2.45, 2.75) is 6.04 Å². The number of hydrogen-bond acceptors (Lipinski definition) is 5. The Morgan fingerprint density at radius 1 is 1.53 bits per heavy atom. The molecule has 1 atom stereocenters. The van der Waals surface area contributed by atoms with E-state index in [2.05, 4.69) is 10.1 Å². The van der Waals surface area contributed by atoms with Gasteiger partial charge in [0.05, 0.1) is 42.7 Å². The first-order chi connectivity index (χ1) is 9.31. The molecule has 0 radical (unpaired) electrons. The van der Waals surface area contributed by atoms with E-state index < -0.39 is 0 Å². The smallest absolute Gasteiger partial charge is 0.258 e. The van der Waals surface area contributed by atoms with E-state index in [0.717, 1.165) is 0 Å². The van der Waals surface area contributed by atoms with E-state index >= 15 is 0 Å². The third-order valence-electron chi connectivity index (χ3n) is 3.32. The molecule has 2 aromatic heterocycles. The van der Waals surface area contributed by atoms with Crippen LogP contribution in [0.25, 0.3) is 5.52 Å². The lowest BCUT2D eigenvalue weighted by atomic mass is 10.1. The van der Waals surface area contributed by atoms with E-state index in [4.69, 9.17) is 10.5 Å². The SMILES string of the molecule is NCC1COCCN1C(=O)c1cnn2ccncc12. The molecule has 0 bridgehead atoms. The fraction of sp³-hybridized carbons (Fsp3) is 0.417. The fourth-order valence-corrected chi connectivity index (χ4v) is 2.27. The molecule has 3 heterocycles. The molecule has 100 valence electrons. The zero-order valence-electron chi connectivity index (χ0n) is 10.4. The van der Waals surface area contributed by atoms with E-state index in [0.29, 0.717) is 37.4 Å². The summed E-state index contributed by atoms with van der Waals surface area (Å²) >= 11 is 0. The minimum Gasteiger partial charge on any atom is -0.377 e. The Morgan fingerprint density at radius 3 is 3.26 bits per heavy atom. The first kappa shape index (κ1) is 12.1. The zero-order chi connectivity index (χ0) is 13.2. The maximum atomic E-state index is 12.6. The molecule has 0 saturated carbocycles. The summed E-state index contributed by atoms with van der Waals surface area (Å²) in [5.41, 5.74) is 6.94. The Hall–Kier alpha value is -1.99. The second kappa shape index (κ2) is 4.94. The third kappa shape index (κ3) is 2.06. The molecule has 3 rings (SSSR count). The number of aromatic nitrogens is 3. The number of amides is 1. The molecule has 1 saturated heterocycles. The van der Waals surface area contributed by atoms with Crippen LogP contribution >= 0.6 is 0 Å². The van der Waals surface area contributed by atoms with Crippen LogP contribution < -0.4 is 5.73 Å². The summed E-state index contributed by atoms with van der Waals surface area (Å²) in [5.74, 6) is -0.0678. The van der Waals surface area contributed by atoms with Gasteiger partial charge in [-0.05, 0) is 0 Å². The van der Waals surface area contributed by atoms with Crippen molar-refractivity contribution >= 4 is 11.4 Å². The van der Waals surface area contributed by atoms with Crippen LogP contribution in [0.3, 0.4) is 0 Å². The van der Waals surface area contributed by atoms with Crippen LogP contribution in [0.4, 0.5) is 0 Å². The number of carbonyl (C=O) groups excluding carboxylic acids is 1. The first-order valence-corrected chi connectivity index (χ1v) is 6.17. The van der Waals surface area contributed by atoms with Gasteiger partial charge in [0, 0.05) is 25.5 Å². The Balaban J connectivity index is 1.94. The third-order valence-corrected chi connectivity index (χ3v) is 3.32. The van der Waals surface area contributed by atoms with Gasteiger partial charge in [0.2, 0.25) is 0 Å². The summed E-state index contributed by atoms with van der Waals surface area (Å²) in [7, 11) is 0. The summed E-state index contributed by atoms with van der Waals surface area (Å²) in [4.78, 5) is 18.4. The van der Waals surface area contributed by atoms with E-state index in [1.807, 2.05) is 0 Å². The molecule has 0 aliphatic carbocycles. The van der Waals surface area contributed by atoms with Crippen molar-refractivity contribution < 1.29 is 9.53 Å². The van der Waals surface area contributed by atoms with Gasteiger partial charge in [-0.15, -0.1) is 0 Å². The number of nitrogens with two attached hydrogens (primary N) is 1. The second-order valence-corrected chi connectivity index (χ2v) is 4.43.